The second-order valence-corrected chi connectivity index (χ2v) is 5.42. The van der Waals surface area contributed by atoms with Crippen molar-refractivity contribution in [2.24, 2.45) is 0 Å². The van der Waals surface area contributed by atoms with E-state index in [9.17, 15) is 4.79 Å². The Morgan fingerprint density at radius 3 is 2.89 bits per heavy atom. The summed E-state index contributed by atoms with van der Waals surface area (Å²) in [6.07, 6.45) is 3.34. The average molecular weight is 323 g/mol. The highest BCUT2D eigenvalue weighted by atomic mass is 79.9. The van der Waals surface area contributed by atoms with Crippen LogP contribution in [0.3, 0.4) is 0 Å². The zero-order valence-electron chi connectivity index (χ0n) is 9.72. The van der Waals surface area contributed by atoms with E-state index in [4.69, 9.17) is 4.74 Å². The lowest BCUT2D eigenvalue weighted by molar-refractivity contribution is 0.105. The summed E-state index contributed by atoms with van der Waals surface area (Å²) in [5.41, 5.74) is 0.872. The van der Waals surface area contributed by atoms with Gasteiger partial charge in [0.2, 0.25) is 0 Å². The molecule has 0 saturated carbocycles. The third-order valence-electron chi connectivity index (χ3n) is 2.37. The highest BCUT2D eigenvalue weighted by Gasteiger charge is 2.04. The predicted octanol–water partition coefficient (Wildman–Crippen LogP) is 4.42. The first kappa shape index (κ1) is 13.1. The lowest BCUT2D eigenvalue weighted by Gasteiger charge is -2.04. The number of ketones is 1. The van der Waals surface area contributed by atoms with Gasteiger partial charge in [0.15, 0.2) is 5.78 Å². The Kier molecular flexibility index (Phi) is 4.33. The molecule has 0 unspecified atom stereocenters. The fraction of sp³-hybridized carbons (Fsp3) is 0.0714. The van der Waals surface area contributed by atoms with Crippen molar-refractivity contribution in [1.29, 1.82) is 0 Å². The molecule has 0 fully saturated rings. The van der Waals surface area contributed by atoms with Gasteiger partial charge in [-0.2, -0.15) is 0 Å². The maximum absolute atomic E-state index is 11.8. The van der Waals surface area contributed by atoms with E-state index in [2.05, 4.69) is 15.9 Å². The molecule has 0 aliphatic carbocycles. The monoisotopic (exact) mass is 322 g/mol. The van der Waals surface area contributed by atoms with Crippen molar-refractivity contribution in [2.45, 2.75) is 0 Å². The van der Waals surface area contributed by atoms with E-state index in [1.54, 1.807) is 19.3 Å². The van der Waals surface area contributed by atoms with E-state index in [1.165, 1.54) is 11.3 Å². The zero-order valence-corrected chi connectivity index (χ0v) is 12.1. The molecule has 0 aliphatic rings. The van der Waals surface area contributed by atoms with E-state index in [0.717, 1.165) is 20.7 Å². The number of hydrogen-bond acceptors (Lipinski definition) is 3. The normalized spacial score (nSPS) is 10.8. The molecule has 0 aliphatic heterocycles. The number of rotatable bonds is 4. The van der Waals surface area contributed by atoms with Crippen LogP contribution in [0.15, 0.2) is 46.3 Å². The van der Waals surface area contributed by atoms with E-state index >= 15 is 0 Å². The first-order valence-electron chi connectivity index (χ1n) is 5.30. The molecule has 0 saturated heterocycles. The second kappa shape index (κ2) is 5.98. The van der Waals surface area contributed by atoms with Crippen LogP contribution < -0.4 is 4.74 Å². The molecule has 0 bridgehead atoms. The Labute approximate surface area is 118 Å². The van der Waals surface area contributed by atoms with Crippen molar-refractivity contribution in [3.63, 3.8) is 0 Å². The second-order valence-electron chi connectivity index (χ2n) is 3.56. The van der Waals surface area contributed by atoms with Crippen molar-refractivity contribution in [2.75, 3.05) is 7.11 Å². The van der Waals surface area contributed by atoms with Crippen LogP contribution in [0, 0.1) is 0 Å². The summed E-state index contributed by atoms with van der Waals surface area (Å²) in [4.78, 5) is 12.6. The van der Waals surface area contributed by atoms with Crippen LogP contribution in [0.25, 0.3) is 6.08 Å². The van der Waals surface area contributed by atoms with E-state index in [0.29, 0.717) is 0 Å². The van der Waals surface area contributed by atoms with Gasteiger partial charge in [-0.3, -0.25) is 4.79 Å². The largest absolute Gasteiger partial charge is 0.496 e. The molecule has 0 amide bonds. The molecule has 4 heteroatoms. The summed E-state index contributed by atoms with van der Waals surface area (Å²) >= 11 is 4.84. The zero-order chi connectivity index (χ0) is 13.0. The molecule has 1 heterocycles. The number of thiophene rings is 1. The van der Waals surface area contributed by atoms with Gasteiger partial charge in [-0.15, -0.1) is 11.3 Å². The van der Waals surface area contributed by atoms with Crippen molar-refractivity contribution < 1.29 is 9.53 Å². The molecule has 92 valence electrons. The third-order valence-corrected chi connectivity index (χ3v) is 3.75. The van der Waals surface area contributed by atoms with Gasteiger partial charge in [-0.1, -0.05) is 22.0 Å². The van der Waals surface area contributed by atoms with Crippen molar-refractivity contribution in [3.05, 3.63) is 56.7 Å². The number of hydrogen-bond donors (Lipinski definition) is 0. The Balaban J connectivity index is 2.23. The molecule has 0 radical (unpaired) electrons. The molecule has 0 spiro atoms. The quantitative estimate of drug-likeness (QED) is 0.615. The highest BCUT2D eigenvalue weighted by molar-refractivity contribution is 9.10. The topological polar surface area (TPSA) is 26.3 Å². The number of halogens is 1. The molecule has 2 nitrogen and oxygen atoms in total. The number of carbonyl (C=O) groups is 1. The summed E-state index contributed by atoms with van der Waals surface area (Å²) in [7, 11) is 1.61. The van der Waals surface area contributed by atoms with Crippen molar-refractivity contribution >= 4 is 39.1 Å². The Morgan fingerprint density at radius 1 is 1.39 bits per heavy atom. The molecule has 0 N–H and O–H groups in total. The van der Waals surface area contributed by atoms with Gasteiger partial charge in [0, 0.05) is 10.0 Å². The minimum absolute atomic E-state index is 0.00651. The van der Waals surface area contributed by atoms with Gasteiger partial charge in [0.1, 0.15) is 5.75 Å². The standard InChI is InChI=1S/C14H11BrO2S/c1-17-13-7-5-11(15)9-10(13)4-6-12(16)14-3-2-8-18-14/h2-9H,1H3. The van der Waals surface area contributed by atoms with Gasteiger partial charge >= 0.3 is 0 Å². The van der Waals surface area contributed by atoms with Gasteiger partial charge in [-0.25, -0.2) is 0 Å². The van der Waals surface area contributed by atoms with Gasteiger partial charge in [-0.05, 0) is 41.8 Å². The molecular formula is C14H11BrO2S. The Hall–Kier alpha value is -1.39. The molecular weight excluding hydrogens is 312 g/mol. The summed E-state index contributed by atoms with van der Waals surface area (Å²) in [6, 6.07) is 9.36. The molecule has 2 rings (SSSR count). The molecule has 18 heavy (non-hydrogen) atoms. The van der Waals surface area contributed by atoms with Crippen LogP contribution in [0.5, 0.6) is 5.75 Å². The van der Waals surface area contributed by atoms with E-state index in [-0.39, 0.29) is 5.78 Å². The summed E-state index contributed by atoms with van der Waals surface area (Å²) in [6.45, 7) is 0. The maximum Gasteiger partial charge on any atom is 0.195 e. The van der Waals surface area contributed by atoms with Crippen LogP contribution in [0.4, 0.5) is 0 Å². The first-order valence-corrected chi connectivity index (χ1v) is 6.97. The van der Waals surface area contributed by atoms with Crippen molar-refractivity contribution in [3.8, 4) is 5.75 Å². The van der Waals surface area contributed by atoms with Gasteiger partial charge in [0.25, 0.3) is 0 Å². The number of ether oxygens (including phenoxy) is 1. The lowest BCUT2D eigenvalue weighted by atomic mass is 10.1. The molecule has 1 aromatic carbocycles. The van der Waals surface area contributed by atoms with Crippen LogP contribution in [-0.4, -0.2) is 12.9 Å². The lowest BCUT2D eigenvalue weighted by Crippen LogP contribution is -1.90. The van der Waals surface area contributed by atoms with Gasteiger partial charge in [0.05, 0.1) is 12.0 Å². The fourth-order valence-electron chi connectivity index (χ4n) is 1.50. The predicted molar refractivity (Wildman–Crippen MR) is 78.4 cm³/mol. The molecule has 2 aromatic rings. The van der Waals surface area contributed by atoms with Crippen molar-refractivity contribution in [1.82, 2.24) is 0 Å². The third kappa shape index (κ3) is 3.09. The Morgan fingerprint density at radius 2 is 2.22 bits per heavy atom. The van der Waals surface area contributed by atoms with Crippen LogP contribution >= 0.6 is 27.3 Å². The van der Waals surface area contributed by atoms with Crippen LogP contribution in [0.2, 0.25) is 0 Å². The molecule has 1 aromatic heterocycles. The number of allylic oxidation sites excluding steroid dienone is 1. The minimum atomic E-state index is 0.00651. The number of methoxy groups -OCH3 is 1. The number of benzene rings is 1. The highest BCUT2D eigenvalue weighted by Crippen LogP contribution is 2.24. The summed E-state index contributed by atoms with van der Waals surface area (Å²) < 4.78 is 6.19. The van der Waals surface area contributed by atoms with Gasteiger partial charge < -0.3 is 4.74 Å². The summed E-state index contributed by atoms with van der Waals surface area (Å²) in [5.74, 6) is 0.750. The Bertz CT molecular complexity index is 573. The summed E-state index contributed by atoms with van der Waals surface area (Å²) in [5, 5.41) is 1.89. The molecule has 0 atom stereocenters. The maximum atomic E-state index is 11.8. The first-order chi connectivity index (χ1) is 8.70. The van der Waals surface area contributed by atoms with Crippen LogP contribution in [0.1, 0.15) is 15.2 Å². The fourth-order valence-corrected chi connectivity index (χ4v) is 2.53. The average Bonchev–Trinajstić information content (AvgIpc) is 2.90. The smallest absolute Gasteiger partial charge is 0.195 e. The van der Waals surface area contributed by atoms with Crippen LogP contribution in [-0.2, 0) is 0 Å². The van der Waals surface area contributed by atoms with E-state index < -0.39 is 0 Å². The SMILES string of the molecule is COc1ccc(Br)cc1C=CC(=O)c1cccs1. The minimum Gasteiger partial charge on any atom is -0.496 e. The van der Waals surface area contributed by atoms with E-state index in [1.807, 2.05) is 35.7 Å². The number of carbonyl (C=O) groups excluding carboxylic acids is 1.